The minimum absolute atomic E-state index is 0.0660. The van der Waals surface area contributed by atoms with Gasteiger partial charge in [0.2, 0.25) is 0 Å². The smallest absolute Gasteiger partial charge is 0.414 e. The Bertz CT molecular complexity index is 981. The van der Waals surface area contributed by atoms with Crippen molar-refractivity contribution in [2.45, 2.75) is 6.10 Å². The van der Waals surface area contributed by atoms with Crippen LogP contribution in [0.3, 0.4) is 0 Å². The molecule has 30 heavy (non-hydrogen) atoms. The highest BCUT2D eigenvalue weighted by molar-refractivity contribution is 7.13. The van der Waals surface area contributed by atoms with Crippen LogP contribution in [0.4, 0.5) is 16.2 Å². The van der Waals surface area contributed by atoms with E-state index in [2.05, 4.69) is 5.32 Å². The Morgan fingerprint density at radius 1 is 1.17 bits per heavy atom. The van der Waals surface area contributed by atoms with E-state index in [1.54, 1.807) is 34.5 Å². The first-order valence-electron chi connectivity index (χ1n) is 9.11. The zero-order valence-electron chi connectivity index (χ0n) is 15.6. The third kappa shape index (κ3) is 4.24. The maximum absolute atomic E-state index is 12.3. The summed E-state index contributed by atoms with van der Waals surface area (Å²) in [5, 5.41) is 4.84. The zero-order chi connectivity index (χ0) is 21.3. The molecular weight excluding hydrogens is 453 g/mol. The van der Waals surface area contributed by atoms with Crippen LogP contribution in [-0.2, 0) is 14.3 Å². The summed E-state index contributed by atoms with van der Waals surface area (Å²) in [4.78, 5) is 39.9. The van der Waals surface area contributed by atoms with Crippen molar-refractivity contribution in [3.8, 4) is 0 Å². The standard InChI is InChI=1S/C19H17Cl2N3O5S/c20-14-10-30-17(16(14)21)18(26)22-7-13-8-24(19(27)29-13)12-3-1-11(2-4-12)23-5-6-28-9-15(23)25/h1-4,10,13H,5-9H2,(H,22,26)/t13-/m0/s1. The number of hydrogen-bond acceptors (Lipinski definition) is 6. The zero-order valence-corrected chi connectivity index (χ0v) is 17.9. The molecule has 3 amide bonds. The number of hydrogen-bond donors (Lipinski definition) is 1. The number of rotatable bonds is 5. The van der Waals surface area contributed by atoms with Gasteiger partial charge in [-0.2, -0.15) is 0 Å². The van der Waals surface area contributed by atoms with Gasteiger partial charge in [0.1, 0.15) is 17.6 Å². The van der Waals surface area contributed by atoms with Crippen molar-refractivity contribution >= 4 is 63.8 Å². The summed E-state index contributed by atoms with van der Waals surface area (Å²) in [6, 6.07) is 7.08. The van der Waals surface area contributed by atoms with E-state index in [1.807, 2.05) is 0 Å². The van der Waals surface area contributed by atoms with Crippen molar-refractivity contribution in [3.05, 3.63) is 44.6 Å². The maximum atomic E-state index is 12.3. The fourth-order valence-corrected chi connectivity index (χ4v) is 4.56. The molecule has 2 saturated heterocycles. The van der Waals surface area contributed by atoms with Gasteiger partial charge in [-0.25, -0.2) is 4.79 Å². The van der Waals surface area contributed by atoms with Gasteiger partial charge in [-0.15, -0.1) is 11.3 Å². The van der Waals surface area contributed by atoms with E-state index in [0.717, 1.165) is 17.0 Å². The van der Waals surface area contributed by atoms with Crippen molar-refractivity contribution < 1.29 is 23.9 Å². The molecule has 2 aromatic rings. The summed E-state index contributed by atoms with van der Waals surface area (Å²) < 4.78 is 10.5. The number of nitrogens with zero attached hydrogens (tertiary/aromatic N) is 2. The van der Waals surface area contributed by atoms with Gasteiger partial charge >= 0.3 is 6.09 Å². The summed E-state index contributed by atoms with van der Waals surface area (Å²) in [6.45, 7) is 1.48. The first kappa shape index (κ1) is 20.9. The molecule has 2 aliphatic heterocycles. The number of ether oxygens (including phenoxy) is 2. The van der Waals surface area contributed by atoms with Gasteiger partial charge in [0.25, 0.3) is 11.8 Å². The number of amides is 3. The van der Waals surface area contributed by atoms with Crippen LogP contribution < -0.4 is 15.1 Å². The molecule has 0 saturated carbocycles. The van der Waals surface area contributed by atoms with Gasteiger partial charge in [0.05, 0.1) is 29.7 Å². The van der Waals surface area contributed by atoms with Crippen molar-refractivity contribution in [2.75, 3.05) is 42.6 Å². The number of morpholine rings is 1. The second-order valence-electron chi connectivity index (χ2n) is 6.67. The third-order valence-electron chi connectivity index (χ3n) is 4.72. The molecule has 0 aliphatic carbocycles. The van der Waals surface area contributed by atoms with E-state index in [9.17, 15) is 14.4 Å². The highest BCUT2D eigenvalue weighted by Gasteiger charge is 2.33. The van der Waals surface area contributed by atoms with Gasteiger partial charge in [-0.1, -0.05) is 23.2 Å². The van der Waals surface area contributed by atoms with Gasteiger partial charge in [0, 0.05) is 23.3 Å². The van der Waals surface area contributed by atoms with Crippen molar-refractivity contribution in [3.63, 3.8) is 0 Å². The Hall–Kier alpha value is -2.33. The molecule has 0 unspecified atom stereocenters. The van der Waals surface area contributed by atoms with E-state index in [1.165, 1.54) is 4.90 Å². The van der Waals surface area contributed by atoms with Crippen LogP contribution in [0.2, 0.25) is 10.0 Å². The van der Waals surface area contributed by atoms with Gasteiger partial charge in [0.15, 0.2) is 0 Å². The minimum Gasteiger partial charge on any atom is -0.442 e. The molecule has 8 nitrogen and oxygen atoms in total. The number of cyclic esters (lactones) is 1. The van der Waals surface area contributed by atoms with Crippen molar-refractivity contribution in [1.82, 2.24) is 5.32 Å². The molecule has 0 radical (unpaired) electrons. The van der Waals surface area contributed by atoms with Crippen molar-refractivity contribution in [2.24, 2.45) is 0 Å². The molecule has 11 heteroatoms. The van der Waals surface area contributed by atoms with Crippen molar-refractivity contribution in [1.29, 1.82) is 0 Å². The number of carbonyl (C=O) groups is 3. The summed E-state index contributed by atoms with van der Waals surface area (Å²) in [5.41, 5.74) is 1.39. The van der Waals surface area contributed by atoms with Crippen LogP contribution in [-0.4, -0.2) is 56.9 Å². The SMILES string of the molecule is O=C(NC[C@H]1CN(c2ccc(N3CCOCC3=O)cc2)C(=O)O1)c1scc(Cl)c1Cl. The predicted molar refractivity (Wildman–Crippen MR) is 114 cm³/mol. The summed E-state index contributed by atoms with van der Waals surface area (Å²) in [7, 11) is 0. The number of nitrogens with one attached hydrogen (secondary N) is 1. The van der Waals surface area contributed by atoms with E-state index >= 15 is 0 Å². The number of anilines is 2. The Morgan fingerprint density at radius 3 is 2.50 bits per heavy atom. The monoisotopic (exact) mass is 469 g/mol. The quantitative estimate of drug-likeness (QED) is 0.726. The molecule has 1 aromatic heterocycles. The second-order valence-corrected chi connectivity index (χ2v) is 8.33. The van der Waals surface area contributed by atoms with Gasteiger partial charge in [-0.3, -0.25) is 14.5 Å². The van der Waals surface area contributed by atoms with Crippen LogP contribution in [0.5, 0.6) is 0 Å². The molecule has 0 bridgehead atoms. The lowest BCUT2D eigenvalue weighted by Gasteiger charge is -2.27. The van der Waals surface area contributed by atoms with E-state index < -0.39 is 12.2 Å². The molecule has 1 N–H and O–H groups in total. The number of thiophene rings is 1. The summed E-state index contributed by atoms with van der Waals surface area (Å²) in [5.74, 6) is -0.469. The summed E-state index contributed by atoms with van der Waals surface area (Å²) in [6.07, 6.45) is -1.00. The molecule has 2 aliphatic rings. The van der Waals surface area contributed by atoms with E-state index in [-0.39, 0.29) is 36.5 Å². The Labute approximate surface area is 186 Å². The number of benzene rings is 1. The fraction of sp³-hybridized carbons (Fsp3) is 0.316. The van der Waals surface area contributed by atoms with Gasteiger partial charge < -0.3 is 19.7 Å². The molecule has 158 valence electrons. The minimum atomic E-state index is -0.504. The van der Waals surface area contributed by atoms with E-state index in [0.29, 0.717) is 28.7 Å². The molecule has 1 atom stereocenters. The van der Waals surface area contributed by atoms with Crippen LogP contribution in [0.25, 0.3) is 0 Å². The lowest BCUT2D eigenvalue weighted by molar-refractivity contribution is -0.125. The largest absolute Gasteiger partial charge is 0.442 e. The first-order valence-corrected chi connectivity index (χ1v) is 10.7. The highest BCUT2D eigenvalue weighted by atomic mass is 35.5. The average molecular weight is 470 g/mol. The normalized spacial score (nSPS) is 19.2. The highest BCUT2D eigenvalue weighted by Crippen LogP contribution is 2.31. The van der Waals surface area contributed by atoms with Crippen LogP contribution in [0.15, 0.2) is 29.6 Å². The number of halogens is 2. The summed E-state index contributed by atoms with van der Waals surface area (Å²) >= 11 is 13.0. The molecule has 2 fully saturated rings. The van der Waals surface area contributed by atoms with Crippen LogP contribution in [0, 0.1) is 0 Å². The topological polar surface area (TPSA) is 88.2 Å². The lowest BCUT2D eigenvalue weighted by Crippen LogP contribution is -2.41. The molecule has 1 aromatic carbocycles. The Balaban J connectivity index is 1.36. The predicted octanol–water partition coefficient (Wildman–Crippen LogP) is 3.17. The maximum Gasteiger partial charge on any atom is 0.414 e. The Kier molecular flexibility index (Phi) is 6.14. The fourth-order valence-electron chi connectivity index (χ4n) is 3.20. The second kappa shape index (κ2) is 8.81. The molecular formula is C19H17Cl2N3O5S. The molecule has 0 spiro atoms. The Morgan fingerprint density at radius 2 is 1.87 bits per heavy atom. The molecule has 4 rings (SSSR count). The third-order valence-corrected chi connectivity index (χ3v) is 6.73. The van der Waals surface area contributed by atoms with Crippen LogP contribution in [0.1, 0.15) is 9.67 Å². The molecule has 3 heterocycles. The number of carbonyl (C=O) groups excluding carboxylic acids is 3. The van der Waals surface area contributed by atoms with E-state index in [4.69, 9.17) is 32.7 Å². The lowest BCUT2D eigenvalue weighted by atomic mass is 10.2. The first-order chi connectivity index (χ1) is 14.4. The van der Waals surface area contributed by atoms with Gasteiger partial charge in [-0.05, 0) is 24.3 Å². The van der Waals surface area contributed by atoms with Crippen LogP contribution >= 0.6 is 34.5 Å². The average Bonchev–Trinajstić information content (AvgIpc) is 3.29.